The molecular formula is C11H13N3. The van der Waals surface area contributed by atoms with E-state index in [9.17, 15) is 0 Å². The van der Waals surface area contributed by atoms with Crippen LogP contribution in [0.4, 0.5) is 0 Å². The summed E-state index contributed by atoms with van der Waals surface area (Å²) in [6, 6.07) is 6.08. The molecule has 1 aliphatic rings. The fraction of sp³-hybridized carbons (Fsp3) is 0.455. The predicted molar refractivity (Wildman–Crippen MR) is 53.8 cm³/mol. The molecule has 0 radical (unpaired) electrons. The van der Waals surface area contributed by atoms with Gasteiger partial charge in [-0.05, 0) is 36.9 Å². The van der Waals surface area contributed by atoms with Gasteiger partial charge < -0.3 is 5.32 Å². The molecule has 2 rings (SSSR count). The first-order valence-electron chi connectivity index (χ1n) is 4.97. The number of nitrogens with one attached hydrogen (secondary N) is 1. The van der Waals surface area contributed by atoms with E-state index in [0.29, 0.717) is 11.6 Å². The molecule has 1 atom stereocenters. The van der Waals surface area contributed by atoms with Crippen molar-refractivity contribution >= 4 is 0 Å². The highest BCUT2D eigenvalue weighted by atomic mass is 14.9. The minimum Gasteiger partial charge on any atom is -0.316 e. The zero-order valence-electron chi connectivity index (χ0n) is 8.03. The molecule has 1 fully saturated rings. The normalized spacial score (nSPS) is 21.5. The fourth-order valence-corrected chi connectivity index (χ4v) is 1.96. The maximum Gasteiger partial charge on any atom is 0.143 e. The van der Waals surface area contributed by atoms with Gasteiger partial charge in [0, 0.05) is 12.7 Å². The second-order valence-corrected chi connectivity index (χ2v) is 3.60. The lowest BCUT2D eigenvalue weighted by Gasteiger charge is -2.23. The lowest BCUT2D eigenvalue weighted by atomic mass is 9.91. The van der Waals surface area contributed by atoms with Crippen molar-refractivity contribution in [3.05, 3.63) is 29.6 Å². The summed E-state index contributed by atoms with van der Waals surface area (Å²) in [5.41, 5.74) is 1.68. The molecule has 1 aromatic rings. The number of nitriles is 1. The lowest BCUT2D eigenvalue weighted by Crippen LogP contribution is -2.28. The van der Waals surface area contributed by atoms with E-state index in [1.807, 2.05) is 12.1 Å². The quantitative estimate of drug-likeness (QED) is 0.723. The van der Waals surface area contributed by atoms with Gasteiger partial charge in [-0.3, -0.25) is 0 Å². The van der Waals surface area contributed by atoms with Crippen LogP contribution in [0.5, 0.6) is 0 Å². The number of aromatic nitrogens is 1. The third kappa shape index (κ3) is 1.75. The lowest BCUT2D eigenvalue weighted by molar-refractivity contribution is 0.460. The van der Waals surface area contributed by atoms with Crippen molar-refractivity contribution in [3.8, 4) is 6.07 Å². The van der Waals surface area contributed by atoms with Crippen LogP contribution in [0, 0.1) is 11.3 Å². The van der Waals surface area contributed by atoms with Gasteiger partial charge in [0.25, 0.3) is 0 Å². The van der Waals surface area contributed by atoms with Crippen LogP contribution in [0.1, 0.15) is 30.0 Å². The van der Waals surface area contributed by atoms with Crippen molar-refractivity contribution in [2.24, 2.45) is 0 Å². The Morgan fingerprint density at radius 3 is 3.21 bits per heavy atom. The minimum atomic E-state index is 0.465. The molecule has 1 saturated heterocycles. The average molecular weight is 187 g/mol. The van der Waals surface area contributed by atoms with Gasteiger partial charge in [-0.2, -0.15) is 5.26 Å². The standard InChI is InChI=1S/C11H13N3/c12-7-11-10(4-2-6-14-11)9-3-1-5-13-8-9/h2,4,6,9,13H,1,3,5,8H2. The number of rotatable bonds is 1. The highest BCUT2D eigenvalue weighted by Crippen LogP contribution is 2.24. The van der Waals surface area contributed by atoms with Gasteiger partial charge in [0.15, 0.2) is 0 Å². The molecule has 2 heterocycles. The van der Waals surface area contributed by atoms with Gasteiger partial charge in [0.05, 0.1) is 0 Å². The Bertz CT molecular complexity index is 348. The maximum atomic E-state index is 8.92. The molecule has 0 aromatic carbocycles. The Morgan fingerprint density at radius 2 is 2.50 bits per heavy atom. The molecule has 0 bridgehead atoms. The van der Waals surface area contributed by atoms with E-state index in [1.165, 1.54) is 6.42 Å². The summed E-state index contributed by atoms with van der Waals surface area (Å²) in [6.45, 7) is 2.07. The van der Waals surface area contributed by atoms with Gasteiger partial charge in [0.1, 0.15) is 11.8 Å². The molecule has 0 spiro atoms. The highest BCUT2D eigenvalue weighted by Gasteiger charge is 2.18. The molecule has 1 unspecified atom stereocenters. The summed E-state index contributed by atoms with van der Waals surface area (Å²) in [7, 11) is 0. The molecule has 0 aliphatic carbocycles. The number of piperidine rings is 1. The third-order valence-corrected chi connectivity index (χ3v) is 2.68. The smallest absolute Gasteiger partial charge is 0.143 e. The highest BCUT2D eigenvalue weighted by molar-refractivity contribution is 5.33. The molecule has 1 aliphatic heterocycles. The van der Waals surface area contributed by atoms with Crippen molar-refractivity contribution in [2.75, 3.05) is 13.1 Å². The van der Waals surface area contributed by atoms with Crippen LogP contribution in [0.25, 0.3) is 0 Å². The Morgan fingerprint density at radius 1 is 1.57 bits per heavy atom. The molecule has 0 saturated carbocycles. The first-order chi connectivity index (χ1) is 6.92. The number of pyridine rings is 1. The number of hydrogen-bond acceptors (Lipinski definition) is 3. The van der Waals surface area contributed by atoms with Gasteiger partial charge in [0.2, 0.25) is 0 Å². The summed E-state index contributed by atoms with van der Waals surface area (Å²) in [4.78, 5) is 4.08. The summed E-state index contributed by atoms with van der Waals surface area (Å²) in [5, 5.41) is 12.3. The van der Waals surface area contributed by atoms with E-state index >= 15 is 0 Å². The van der Waals surface area contributed by atoms with Gasteiger partial charge in [-0.15, -0.1) is 0 Å². The van der Waals surface area contributed by atoms with Crippen molar-refractivity contribution in [1.82, 2.24) is 10.3 Å². The zero-order chi connectivity index (χ0) is 9.80. The summed E-state index contributed by atoms with van der Waals surface area (Å²) in [6.07, 6.45) is 4.02. The summed E-state index contributed by atoms with van der Waals surface area (Å²) in [5.74, 6) is 0.465. The monoisotopic (exact) mass is 187 g/mol. The number of nitrogens with zero attached hydrogens (tertiary/aromatic N) is 2. The Labute approximate surface area is 83.8 Å². The van der Waals surface area contributed by atoms with E-state index in [-0.39, 0.29) is 0 Å². The van der Waals surface area contributed by atoms with Gasteiger partial charge in [-0.25, -0.2) is 4.98 Å². The summed E-state index contributed by atoms with van der Waals surface area (Å²) >= 11 is 0. The van der Waals surface area contributed by atoms with E-state index in [1.54, 1.807) is 6.20 Å². The van der Waals surface area contributed by atoms with Crippen LogP contribution in [-0.2, 0) is 0 Å². The SMILES string of the molecule is N#Cc1ncccc1C1CCCNC1. The van der Waals surface area contributed by atoms with Crippen molar-refractivity contribution in [2.45, 2.75) is 18.8 Å². The van der Waals surface area contributed by atoms with Crippen molar-refractivity contribution in [3.63, 3.8) is 0 Å². The molecule has 72 valence electrons. The van der Waals surface area contributed by atoms with Crippen LogP contribution < -0.4 is 5.32 Å². The van der Waals surface area contributed by atoms with E-state index in [0.717, 1.165) is 25.1 Å². The Hall–Kier alpha value is -1.40. The van der Waals surface area contributed by atoms with Crippen LogP contribution in [0.3, 0.4) is 0 Å². The van der Waals surface area contributed by atoms with Gasteiger partial charge in [-0.1, -0.05) is 6.07 Å². The Kier molecular flexibility index (Phi) is 2.76. The number of hydrogen-bond donors (Lipinski definition) is 1. The predicted octanol–water partition coefficient (Wildman–Crippen LogP) is 1.42. The van der Waals surface area contributed by atoms with Crippen LogP contribution in [-0.4, -0.2) is 18.1 Å². The molecule has 0 amide bonds. The zero-order valence-corrected chi connectivity index (χ0v) is 8.03. The fourth-order valence-electron chi connectivity index (χ4n) is 1.96. The topological polar surface area (TPSA) is 48.7 Å². The van der Waals surface area contributed by atoms with Crippen molar-refractivity contribution in [1.29, 1.82) is 5.26 Å². The second kappa shape index (κ2) is 4.21. The van der Waals surface area contributed by atoms with Crippen LogP contribution in [0.15, 0.2) is 18.3 Å². The second-order valence-electron chi connectivity index (χ2n) is 3.60. The van der Waals surface area contributed by atoms with Crippen LogP contribution in [0.2, 0.25) is 0 Å². The van der Waals surface area contributed by atoms with Gasteiger partial charge >= 0.3 is 0 Å². The molecule has 3 nitrogen and oxygen atoms in total. The molecule has 14 heavy (non-hydrogen) atoms. The first kappa shape index (κ1) is 9.17. The Balaban J connectivity index is 2.26. The summed E-state index contributed by atoms with van der Waals surface area (Å²) < 4.78 is 0. The molecule has 3 heteroatoms. The van der Waals surface area contributed by atoms with E-state index in [4.69, 9.17) is 5.26 Å². The first-order valence-corrected chi connectivity index (χ1v) is 4.97. The van der Waals surface area contributed by atoms with E-state index < -0.39 is 0 Å². The third-order valence-electron chi connectivity index (χ3n) is 2.68. The van der Waals surface area contributed by atoms with Crippen LogP contribution >= 0.6 is 0 Å². The average Bonchev–Trinajstić information content (AvgIpc) is 2.30. The van der Waals surface area contributed by atoms with E-state index in [2.05, 4.69) is 16.4 Å². The molecule has 1 N–H and O–H groups in total. The molecule has 1 aromatic heterocycles. The molecular weight excluding hydrogens is 174 g/mol. The largest absolute Gasteiger partial charge is 0.316 e. The van der Waals surface area contributed by atoms with Crippen molar-refractivity contribution < 1.29 is 0 Å². The minimum absolute atomic E-state index is 0.465. The maximum absolute atomic E-state index is 8.92.